The summed E-state index contributed by atoms with van der Waals surface area (Å²) in [5.41, 5.74) is 4.12. The molecular formula is C20H18N4O4S2. The fourth-order valence-electron chi connectivity index (χ4n) is 3.08. The lowest BCUT2D eigenvalue weighted by Gasteiger charge is -2.17. The minimum absolute atomic E-state index is 0.0184. The van der Waals surface area contributed by atoms with Gasteiger partial charge >= 0.3 is 0 Å². The van der Waals surface area contributed by atoms with Gasteiger partial charge < -0.3 is 5.32 Å². The normalized spacial score (nSPS) is 13.3. The summed E-state index contributed by atoms with van der Waals surface area (Å²) in [6, 6.07) is 12.0. The number of rotatable bonds is 5. The van der Waals surface area contributed by atoms with Crippen molar-refractivity contribution in [3.05, 3.63) is 59.0 Å². The second-order valence-electron chi connectivity index (χ2n) is 6.86. The molecule has 0 saturated heterocycles. The van der Waals surface area contributed by atoms with E-state index >= 15 is 0 Å². The van der Waals surface area contributed by atoms with Gasteiger partial charge in [-0.25, -0.2) is 13.4 Å². The predicted octanol–water partition coefficient (Wildman–Crippen LogP) is 3.32. The van der Waals surface area contributed by atoms with E-state index in [2.05, 4.69) is 20.3 Å². The molecule has 0 bridgehead atoms. The fourth-order valence-corrected chi connectivity index (χ4v) is 4.36. The van der Waals surface area contributed by atoms with Gasteiger partial charge in [-0.05, 0) is 42.3 Å². The zero-order chi connectivity index (χ0) is 21.3. The molecule has 0 fully saturated rings. The van der Waals surface area contributed by atoms with Crippen molar-refractivity contribution in [2.45, 2.75) is 12.8 Å². The molecule has 1 aliphatic rings. The number of anilines is 3. The summed E-state index contributed by atoms with van der Waals surface area (Å²) in [5, 5.41) is 7.86. The summed E-state index contributed by atoms with van der Waals surface area (Å²) in [6.45, 7) is 0. The van der Waals surface area contributed by atoms with Crippen LogP contribution in [0.25, 0.3) is 11.3 Å². The highest BCUT2D eigenvalue weighted by Crippen LogP contribution is 2.27. The number of benzene rings is 2. The Morgan fingerprint density at radius 1 is 1.13 bits per heavy atom. The molecule has 8 nitrogen and oxygen atoms in total. The molecule has 0 unspecified atom stereocenters. The molecule has 30 heavy (non-hydrogen) atoms. The molecule has 0 atom stereocenters. The van der Waals surface area contributed by atoms with Gasteiger partial charge in [-0.1, -0.05) is 12.1 Å². The van der Waals surface area contributed by atoms with Gasteiger partial charge in [-0.3, -0.25) is 19.6 Å². The maximum Gasteiger partial charge on any atom is 0.257 e. The van der Waals surface area contributed by atoms with Crippen molar-refractivity contribution in [2.24, 2.45) is 0 Å². The van der Waals surface area contributed by atoms with Gasteiger partial charge in [0.15, 0.2) is 5.13 Å². The lowest BCUT2D eigenvalue weighted by molar-refractivity contribution is -0.116. The summed E-state index contributed by atoms with van der Waals surface area (Å²) < 4.78 is 25.0. The van der Waals surface area contributed by atoms with Gasteiger partial charge in [0.1, 0.15) is 0 Å². The van der Waals surface area contributed by atoms with Crippen molar-refractivity contribution in [3.8, 4) is 11.3 Å². The number of amides is 2. The van der Waals surface area contributed by atoms with Gasteiger partial charge in [-0.15, -0.1) is 11.3 Å². The molecular weight excluding hydrogens is 424 g/mol. The Balaban J connectivity index is 1.46. The second kappa shape index (κ2) is 7.88. The number of hydrogen-bond acceptors (Lipinski definition) is 6. The molecule has 2 heterocycles. The van der Waals surface area contributed by atoms with Crippen LogP contribution in [-0.4, -0.2) is 31.5 Å². The number of carbonyl (C=O) groups excluding carboxylic acids is 2. The van der Waals surface area contributed by atoms with E-state index in [1.54, 1.807) is 42.5 Å². The van der Waals surface area contributed by atoms with Crippen LogP contribution in [0.2, 0.25) is 0 Å². The average molecular weight is 443 g/mol. The van der Waals surface area contributed by atoms with Crippen LogP contribution in [0.4, 0.5) is 16.5 Å². The smallest absolute Gasteiger partial charge is 0.257 e. The lowest BCUT2D eigenvalue weighted by Crippen LogP contribution is -2.20. The first-order valence-corrected chi connectivity index (χ1v) is 11.8. The molecule has 0 spiro atoms. The van der Waals surface area contributed by atoms with Crippen LogP contribution >= 0.6 is 11.3 Å². The largest absolute Gasteiger partial charge is 0.326 e. The van der Waals surface area contributed by atoms with Crippen LogP contribution < -0.4 is 15.4 Å². The van der Waals surface area contributed by atoms with E-state index in [0.29, 0.717) is 34.9 Å². The van der Waals surface area contributed by atoms with Crippen LogP contribution in [0.15, 0.2) is 47.8 Å². The van der Waals surface area contributed by atoms with E-state index in [4.69, 9.17) is 0 Å². The summed E-state index contributed by atoms with van der Waals surface area (Å²) in [5.74, 6) is -0.293. The first kappa shape index (κ1) is 20.0. The zero-order valence-electron chi connectivity index (χ0n) is 15.9. The third kappa shape index (κ3) is 4.66. The maximum absolute atomic E-state index is 12.6. The van der Waals surface area contributed by atoms with Crippen LogP contribution in [0.5, 0.6) is 0 Å². The van der Waals surface area contributed by atoms with Crippen LogP contribution in [0.1, 0.15) is 22.3 Å². The van der Waals surface area contributed by atoms with E-state index in [-0.39, 0.29) is 11.8 Å². The lowest BCUT2D eigenvalue weighted by atomic mass is 10.0. The highest BCUT2D eigenvalue weighted by molar-refractivity contribution is 7.92. The predicted molar refractivity (Wildman–Crippen MR) is 117 cm³/mol. The molecule has 154 valence electrons. The topological polar surface area (TPSA) is 117 Å². The molecule has 2 aromatic carbocycles. The molecule has 2 amide bonds. The van der Waals surface area contributed by atoms with Gasteiger partial charge in [0.25, 0.3) is 5.91 Å². The zero-order valence-corrected chi connectivity index (χ0v) is 17.6. The Kier molecular flexibility index (Phi) is 5.27. The van der Waals surface area contributed by atoms with Gasteiger partial charge in [-0.2, -0.15) is 0 Å². The van der Waals surface area contributed by atoms with E-state index < -0.39 is 10.0 Å². The number of nitrogens with one attached hydrogen (secondary N) is 3. The molecule has 0 aliphatic carbocycles. The Hall–Kier alpha value is -3.24. The monoisotopic (exact) mass is 442 g/mol. The summed E-state index contributed by atoms with van der Waals surface area (Å²) in [6.07, 6.45) is 2.11. The van der Waals surface area contributed by atoms with E-state index in [0.717, 1.165) is 23.1 Å². The number of sulfonamides is 1. The van der Waals surface area contributed by atoms with E-state index in [1.165, 1.54) is 11.3 Å². The number of aromatic nitrogens is 1. The number of carbonyl (C=O) groups is 2. The number of aryl methyl sites for hydroxylation is 1. The minimum Gasteiger partial charge on any atom is -0.326 e. The molecule has 4 rings (SSSR count). The molecule has 1 aliphatic heterocycles. The molecule has 3 N–H and O–H groups in total. The highest BCUT2D eigenvalue weighted by Gasteiger charge is 2.17. The third-order valence-electron chi connectivity index (χ3n) is 4.47. The Morgan fingerprint density at radius 3 is 2.63 bits per heavy atom. The van der Waals surface area contributed by atoms with Gasteiger partial charge in [0.2, 0.25) is 15.9 Å². The number of hydrogen-bond donors (Lipinski definition) is 3. The van der Waals surface area contributed by atoms with Crippen LogP contribution in [0, 0.1) is 0 Å². The van der Waals surface area contributed by atoms with Crippen LogP contribution in [0.3, 0.4) is 0 Å². The minimum atomic E-state index is -3.33. The van der Waals surface area contributed by atoms with Gasteiger partial charge in [0.05, 0.1) is 11.9 Å². The van der Waals surface area contributed by atoms with Crippen molar-refractivity contribution < 1.29 is 18.0 Å². The average Bonchev–Trinajstić information content (AvgIpc) is 3.15. The second-order valence-corrected chi connectivity index (χ2v) is 9.47. The third-order valence-corrected chi connectivity index (χ3v) is 5.84. The Bertz CT molecular complexity index is 1230. The van der Waals surface area contributed by atoms with Crippen molar-refractivity contribution >= 4 is 49.7 Å². The van der Waals surface area contributed by atoms with E-state index in [9.17, 15) is 18.0 Å². The summed E-state index contributed by atoms with van der Waals surface area (Å²) in [7, 11) is -3.33. The molecule has 1 aromatic heterocycles. The SMILES string of the molecule is CS(=O)(=O)Nc1ccc(-c2csc(NC(=O)c3ccc4c(c3)CCC(=O)N4)n2)cc1. The highest BCUT2D eigenvalue weighted by atomic mass is 32.2. The van der Waals surface area contributed by atoms with Crippen molar-refractivity contribution in [3.63, 3.8) is 0 Å². The number of nitrogens with zero attached hydrogens (tertiary/aromatic N) is 1. The first-order chi connectivity index (χ1) is 14.3. The fraction of sp³-hybridized carbons (Fsp3) is 0.150. The van der Waals surface area contributed by atoms with Crippen molar-refractivity contribution in [2.75, 3.05) is 21.6 Å². The maximum atomic E-state index is 12.6. The molecule has 3 aromatic rings. The molecule has 0 saturated carbocycles. The summed E-state index contributed by atoms with van der Waals surface area (Å²) in [4.78, 5) is 28.5. The van der Waals surface area contributed by atoms with Crippen LogP contribution in [-0.2, 0) is 21.2 Å². The first-order valence-electron chi connectivity index (χ1n) is 9.05. The molecule has 10 heteroatoms. The standard InChI is InChI=1S/C20H18N4O4S2/c1-30(27,28)24-15-6-2-12(3-7-15)17-11-29-20(22-17)23-19(26)14-4-8-16-13(10-14)5-9-18(25)21-16/h2-4,6-8,10-11,24H,5,9H2,1H3,(H,21,25)(H,22,23,26). The quantitative estimate of drug-likeness (QED) is 0.560. The molecule has 0 radical (unpaired) electrons. The summed E-state index contributed by atoms with van der Waals surface area (Å²) >= 11 is 1.30. The number of thiazole rings is 1. The Labute approximate surface area is 177 Å². The number of fused-ring (bicyclic) bond motifs is 1. The van der Waals surface area contributed by atoms with E-state index in [1.807, 2.05) is 5.38 Å². The Morgan fingerprint density at radius 2 is 1.90 bits per heavy atom. The van der Waals surface area contributed by atoms with Crippen molar-refractivity contribution in [1.82, 2.24) is 4.98 Å². The van der Waals surface area contributed by atoms with Crippen molar-refractivity contribution in [1.29, 1.82) is 0 Å². The van der Waals surface area contributed by atoms with Gasteiger partial charge in [0, 0.05) is 34.3 Å².